The van der Waals surface area contributed by atoms with Gasteiger partial charge in [-0.3, -0.25) is 0 Å². The third kappa shape index (κ3) is 3.68. The molecule has 0 fully saturated rings. The fourth-order valence-electron chi connectivity index (χ4n) is 1.61. The van der Waals surface area contributed by atoms with Gasteiger partial charge in [0.15, 0.2) is 0 Å². The molecule has 1 rings (SSSR count). The predicted octanol–water partition coefficient (Wildman–Crippen LogP) is 1.16. The van der Waals surface area contributed by atoms with Crippen LogP contribution in [0.5, 0.6) is 0 Å². The van der Waals surface area contributed by atoms with Gasteiger partial charge < -0.3 is 10.6 Å². The minimum absolute atomic E-state index is 0.179. The van der Waals surface area contributed by atoms with Crippen LogP contribution in [0.25, 0.3) is 0 Å². The number of anilines is 1. The van der Waals surface area contributed by atoms with Crippen molar-refractivity contribution in [3.63, 3.8) is 0 Å². The number of rotatable bonds is 6. The van der Waals surface area contributed by atoms with Gasteiger partial charge in [0, 0.05) is 31.4 Å². The van der Waals surface area contributed by atoms with Crippen LogP contribution in [0, 0.1) is 0 Å². The van der Waals surface area contributed by atoms with Gasteiger partial charge in [0.1, 0.15) is 0 Å². The van der Waals surface area contributed by atoms with Gasteiger partial charge in [-0.05, 0) is 38.1 Å². The van der Waals surface area contributed by atoms with E-state index in [0.717, 1.165) is 5.69 Å². The molecule has 0 aromatic heterocycles. The molecule has 0 saturated carbocycles. The van der Waals surface area contributed by atoms with Crippen LogP contribution in [0.1, 0.15) is 20.8 Å². The normalized spacial score (nSPS) is 12.5. The molecular weight excluding hydrogens is 262 g/mol. The molecule has 0 unspecified atom stereocenters. The average molecular weight is 285 g/mol. The molecule has 0 atom stereocenters. The fourth-order valence-corrected chi connectivity index (χ4v) is 2.65. The fraction of sp³-hybridized carbons (Fsp3) is 0.538. The molecule has 19 heavy (non-hydrogen) atoms. The smallest absolute Gasteiger partial charge is 0.240 e. The van der Waals surface area contributed by atoms with E-state index in [0.29, 0.717) is 13.1 Å². The Balaban J connectivity index is 3.01. The van der Waals surface area contributed by atoms with E-state index >= 15 is 0 Å². The maximum absolute atomic E-state index is 11.8. The van der Waals surface area contributed by atoms with Crippen LogP contribution in [-0.2, 0) is 10.0 Å². The lowest BCUT2D eigenvalue weighted by Crippen LogP contribution is -2.47. The first-order valence-electron chi connectivity index (χ1n) is 6.28. The number of hydrogen-bond donors (Lipinski definition) is 2. The van der Waals surface area contributed by atoms with Crippen LogP contribution in [0.2, 0.25) is 0 Å². The minimum Gasteiger partial charge on any atom is -0.368 e. The highest BCUT2D eigenvalue weighted by molar-refractivity contribution is 7.89. The lowest BCUT2D eigenvalue weighted by Gasteiger charge is -2.36. The van der Waals surface area contributed by atoms with Crippen molar-refractivity contribution in [1.29, 1.82) is 0 Å². The van der Waals surface area contributed by atoms with Gasteiger partial charge in [0.05, 0.1) is 4.90 Å². The highest BCUT2D eigenvalue weighted by Crippen LogP contribution is 2.23. The number of nitrogens with one attached hydrogen (secondary N) is 1. The molecule has 0 aliphatic rings. The van der Waals surface area contributed by atoms with Gasteiger partial charge >= 0.3 is 0 Å². The first kappa shape index (κ1) is 15.9. The molecule has 0 saturated heterocycles. The Labute approximate surface area is 115 Å². The summed E-state index contributed by atoms with van der Waals surface area (Å²) < 4.78 is 26.1. The summed E-state index contributed by atoms with van der Waals surface area (Å²) in [4.78, 5) is 2.31. The summed E-state index contributed by atoms with van der Waals surface area (Å²) in [6, 6.07) is 6.80. The molecule has 6 heteroatoms. The predicted molar refractivity (Wildman–Crippen MR) is 78.8 cm³/mol. The lowest BCUT2D eigenvalue weighted by molar-refractivity contribution is 0.498. The highest BCUT2D eigenvalue weighted by Gasteiger charge is 2.22. The maximum atomic E-state index is 11.8. The Hall–Kier alpha value is -1.11. The van der Waals surface area contributed by atoms with E-state index in [1.54, 1.807) is 31.2 Å². The van der Waals surface area contributed by atoms with Crippen LogP contribution >= 0.6 is 0 Å². The van der Waals surface area contributed by atoms with Crippen molar-refractivity contribution in [2.45, 2.75) is 31.2 Å². The minimum atomic E-state index is -3.39. The lowest BCUT2D eigenvalue weighted by atomic mass is 10.0. The second-order valence-electron chi connectivity index (χ2n) is 5.07. The average Bonchev–Trinajstić information content (AvgIpc) is 2.38. The molecule has 108 valence electrons. The molecule has 0 radical (unpaired) electrons. The number of nitrogens with zero attached hydrogens (tertiary/aromatic N) is 1. The van der Waals surface area contributed by atoms with Gasteiger partial charge in [-0.15, -0.1) is 0 Å². The molecule has 1 aromatic rings. The van der Waals surface area contributed by atoms with Gasteiger partial charge in [-0.25, -0.2) is 13.1 Å². The topological polar surface area (TPSA) is 75.4 Å². The van der Waals surface area contributed by atoms with E-state index in [4.69, 9.17) is 5.73 Å². The third-order valence-corrected chi connectivity index (χ3v) is 4.84. The van der Waals surface area contributed by atoms with Crippen molar-refractivity contribution in [3.05, 3.63) is 24.3 Å². The van der Waals surface area contributed by atoms with Crippen LogP contribution in [0.15, 0.2) is 29.2 Å². The zero-order chi connectivity index (χ0) is 14.7. The van der Waals surface area contributed by atoms with Gasteiger partial charge in [-0.1, -0.05) is 6.92 Å². The number of hydrogen-bond acceptors (Lipinski definition) is 4. The van der Waals surface area contributed by atoms with Gasteiger partial charge in [0.2, 0.25) is 10.0 Å². The van der Waals surface area contributed by atoms with E-state index in [-0.39, 0.29) is 10.4 Å². The van der Waals surface area contributed by atoms with E-state index < -0.39 is 10.0 Å². The zero-order valence-corrected chi connectivity index (χ0v) is 12.8. The van der Waals surface area contributed by atoms with Crippen molar-refractivity contribution in [1.82, 2.24) is 4.72 Å². The van der Waals surface area contributed by atoms with Gasteiger partial charge in [-0.2, -0.15) is 0 Å². The summed E-state index contributed by atoms with van der Waals surface area (Å²) in [5.41, 5.74) is 6.49. The summed E-state index contributed by atoms with van der Waals surface area (Å²) in [5.74, 6) is 0. The number of nitrogens with two attached hydrogens (primary N) is 1. The van der Waals surface area contributed by atoms with E-state index in [1.165, 1.54) is 0 Å². The Bertz CT molecular complexity index is 509. The number of sulfonamides is 1. The van der Waals surface area contributed by atoms with E-state index in [1.807, 2.05) is 25.8 Å². The second-order valence-corrected chi connectivity index (χ2v) is 6.84. The van der Waals surface area contributed by atoms with E-state index in [9.17, 15) is 8.42 Å². The highest BCUT2D eigenvalue weighted by atomic mass is 32.2. The zero-order valence-electron chi connectivity index (χ0n) is 12.0. The Morgan fingerprint density at radius 3 is 2.21 bits per heavy atom. The number of likely N-dealkylation sites (N-methyl/N-ethyl adjacent to an activating group) is 1. The monoisotopic (exact) mass is 285 g/mol. The van der Waals surface area contributed by atoms with Crippen molar-refractivity contribution < 1.29 is 8.42 Å². The van der Waals surface area contributed by atoms with Crippen molar-refractivity contribution >= 4 is 15.7 Å². The SMILES string of the molecule is CCNS(=O)(=O)c1ccc(N(C)C(C)(C)CN)cc1. The molecule has 1 aromatic carbocycles. The molecule has 3 N–H and O–H groups in total. The third-order valence-electron chi connectivity index (χ3n) is 3.28. The van der Waals surface area contributed by atoms with Crippen LogP contribution in [-0.4, -0.2) is 34.1 Å². The molecule has 0 aliphatic heterocycles. The first-order chi connectivity index (χ1) is 8.74. The molecule has 5 nitrogen and oxygen atoms in total. The second kappa shape index (κ2) is 5.90. The Morgan fingerprint density at radius 1 is 1.26 bits per heavy atom. The summed E-state index contributed by atoms with van der Waals surface area (Å²) in [6.45, 7) is 6.72. The van der Waals surface area contributed by atoms with Gasteiger partial charge in [0.25, 0.3) is 0 Å². The standard InChI is InChI=1S/C13H23N3O2S/c1-5-15-19(17,18)12-8-6-11(7-9-12)16(4)13(2,3)10-14/h6-9,15H,5,10,14H2,1-4H3. The molecular formula is C13H23N3O2S. The summed E-state index contributed by atoms with van der Waals surface area (Å²) in [5, 5.41) is 0. The summed E-state index contributed by atoms with van der Waals surface area (Å²) in [7, 11) is -1.44. The van der Waals surface area contributed by atoms with Crippen LogP contribution < -0.4 is 15.4 Å². The Kier molecular flexibility index (Phi) is 4.95. The van der Waals surface area contributed by atoms with Crippen LogP contribution in [0.3, 0.4) is 0 Å². The van der Waals surface area contributed by atoms with Crippen molar-refractivity contribution in [3.8, 4) is 0 Å². The molecule has 0 spiro atoms. The first-order valence-corrected chi connectivity index (χ1v) is 7.76. The summed E-state index contributed by atoms with van der Waals surface area (Å²) in [6.07, 6.45) is 0. The van der Waals surface area contributed by atoms with Crippen molar-refractivity contribution in [2.75, 3.05) is 25.0 Å². The molecule has 0 aliphatic carbocycles. The summed E-state index contributed by atoms with van der Waals surface area (Å²) >= 11 is 0. The Morgan fingerprint density at radius 2 is 1.79 bits per heavy atom. The van der Waals surface area contributed by atoms with E-state index in [2.05, 4.69) is 4.72 Å². The van der Waals surface area contributed by atoms with Crippen molar-refractivity contribution in [2.24, 2.45) is 5.73 Å². The molecule has 0 bridgehead atoms. The maximum Gasteiger partial charge on any atom is 0.240 e. The molecule has 0 heterocycles. The largest absolute Gasteiger partial charge is 0.368 e. The van der Waals surface area contributed by atoms with Crippen LogP contribution in [0.4, 0.5) is 5.69 Å². The molecule has 0 amide bonds. The number of benzene rings is 1. The quantitative estimate of drug-likeness (QED) is 0.822.